The molecule has 0 bridgehead atoms. The Labute approximate surface area is 192 Å². The number of aryl methyl sites for hydroxylation is 1. The molecule has 170 valence electrons. The summed E-state index contributed by atoms with van der Waals surface area (Å²) in [5, 5.41) is 20.0. The molecule has 0 N–H and O–H groups in total. The van der Waals surface area contributed by atoms with Gasteiger partial charge in [0.1, 0.15) is 10.4 Å². The highest BCUT2D eigenvalue weighted by Gasteiger charge is 2.23. The smallest absolute Gasteiger partial charge is 0.288 e. The lowest BCUT2D eigenvalue weighted by atomic mass is 10.2. The quantitative estimate of drug-likeness (QED) is 0.297. The normalized spacial score (nSPS) is 11.6. The predicted molar refractivity (Wildman–Crippen MR) is 124 cm³/mol. The van der Waals surface area contributed by atoms with E-state index in [9.17, 15) is 23.3 Å². The minimum atomic E-state index is -3.75. The molecule has 33 heavy (non-hydrogen) atoms. The van der Waals surface area contributed by atoms with Gasteiger partial charge in [0.05, 0.1) is 33.6 Å². The first-order valence-corrected chi connectivity index (χ1v) is 12.3. The monoisotopic (exact) mass is 486 g/mol. The van der Waals surface area contributed by atoms with Gasteiger partial charge in [-0.1, -0.05) is 28.7 Å². The highest BCUT2D eigenvalue weighted by molar-refractivity contribution is 7.90. The van der Waals surface area contributed by atoms with Crippen molar-refractivity contribution in [2.75, 3.05) is 18.2 Å². The van der Waals surface area contributed by atoms with Crippen LogP contribution in [0.5, 0.6) is 0 Å². The SMILES string of the molecule is Cc1cccc(-n2cc(CN(C)c3nc(=O)c4cc(S(C)(=O)=O)cc([N+](=O)[O-])c4s3)nn2)c1. The summed E-state index contributed by atoms with van der Waals surface area (Å²) in [6.07, 6.45) is 2.67. The van der Waals surface area contributed by atoms with Crippen LogP contribution in [0.1, 0.15) is 11.3 Å². The number of sulfone groups is 1. The van der Waals surface area contributed by atoms with E-state index in [-0.39, 0.29) is 26.7 Å². The zero-order valence-corrected chi connectivity index (χ0v) is 19.4. The van der Waals surface area contributed by atoms with E-state index in [0.717, 1.165) is 41.0 Å². The summed E-state index contributed by atoms with van der Waals surface area (Å²) >= 11 is 0.931. The van der Waals surface area contributed by atoms with Gasteiger partial charge in [-0.15, -0.1) is 5.10 Å². The lowest BCUT2D eigenvalue weighted by Crippen LogP contribution is -2.20. The van der Waals surface area contributed by atoms with Gasteiger partial charge in [-0.2, -0.15) is 4.98 Å². The van der Waals surface area contributed by atoms with E-state index in [4.69, 9.17) is 0 Å². The molecular formula is C20H18N6O5S2. The number of anilines is 1. The Morgan fingerprint density at radius 1 is 1.24 bits per heavy atom. The van der Waals surface area contributed by atoms with Gasteiger partial charge in [0.25, 0.3) is 11.2 Å². The molecule has 0 aliphatic rings. The average molecular weight is 487 g/mol. The van der Waals surface area contributed by atoms with Gasteiger partial charge in [-0.25, -0.2) is 13.1 Å². The fourth-order valence-corrected chi connectivity index (χ4v) is 4.89. The van der Waals surface area contributed by atoms with Gasteiger partial charge < -0.3 is 4.90 Å². The zero-order chi connectivity index (χ0) is 23.9. The summed E-state index contributed by atoms with van der Waals surface area (Å²) in [5.74, 6) is 0. The summed E-state index contributed by atoms with van der Waals surface area (Å²) in [5.41, 5.74) is 1.32. The van der Waals surface area contributed by atoms with Crippen LogP contribution >= 0.6 is 11.3 Å². The Morgan fingerprint density at radius 3 is 2.67 bits per heavy atom. The molecule has 0 atom stereocenters. The maximum absolute atomic E-state index is 12.7. The maximum atomic E-state index is 12.7. The maximum Gasteiger partial charge on any atom is 0.288 e. The third kappa shape index (κ3) is 4.59. The Balaban J connectivity index is 1.71. The molecule has 0 amide bonds. The Kier molecular flexibility index (Phi) is 5.68. The van der Waals surface area contributed by atoms with Crippen molar-refractivity contribution in [2.24, 2.45) is 0 Å². The third-order valence-corrected chi connectivity index (χ3v) is 7.13. The van der Waals surface area contributed by atoms with Crippen molar-refractivity contribution in [3.05, 3.63) is 74.3 Å². The third-order valence-electron chi connectivity index (χ3n) is 4.82. The van der Waals surface area contributed by atoms with Crippen molar-refractivity contribution in [3.63, 3.8) is 0 Å². The van der Waals surface area contributed by atoms with Gasteiger partial charge in [0, 0.05) is 19.4 Å². The first kappa shape index (κ1) is 22.5. The van der Waals surface area contributed by atoms with Gasteiger partial charge in [-0.3, -0.25) is 14.9 Å². The molecule has 0 spiro atoms. The Morgan fingerprint density at radius 2 is 2.00 bits per heavy atom. The Bertz CT molecular complexity index is 1560. The van der Waals surface area contributed by atoms with Crippen LogP contribution in [0.3, 0.4) is 0 Å². The highest BCUT2D eigenvalue weighted by atomic mass is 32.2. The van der Waals surface area contributed by atoms with Crippen molar-refractivity contribution < 1.29 is 13.3 Å². The topological polar surface area (TPSA) is 141 Å². The second-order valence-electron chi connectivity index (χ2n) is 7.50. The molecule has 0 fully saturated rings. The summed E-state index contributed by atoms with van der Waals surface area (Å²) in [7, 11) is -2.08. The highest BCUT2D eigenvalue weighted by Crippen LogP contribution is 2.34. The van der Waals surface area contributed by atoms with Crippen LogP contribution in [0.25, 0.3) is 15.8 Å². The molecule has 0 saturated heterocycles. The van der Waals surface area contributed by atoms with Crippen LogP contribution in [0.2, 0.25) is 0 Å². The van der Waals surface area contributed by atoms with Crippen molar-refractivity contribution in [2.45, 2.75) is 18.4 Å². The fourth-order valence-electron chi connectivity index (χ4n) is 3.21. The van der Waals surface area contributed by atoms with E-state index in [1.54, 1.807) is 22.8 Å². The van der Waals surface area contributed by atoms with Crippen molar-refractivity contribution in [1.82, 2.24) is 20.0 Å². The number of nitro benzene ring substituents is 1. The van der Waals surface area contributed by atoms with Crippen molar-refractivity contribution >= 4 is 42.1 Å². The number of nitrogens with zero attached hydrogens (tertiary/aromatic N) is 6. The van der Waals surface area contributed by atoms with E-state index in [1.165, 1.54) is 0 Å². The largest absolute Gasteiger partial charge is 0.345 e. The molecule has 4 aromatic rings. The number of fused-ring (bicyclic) bond motifs is 1. The molecule has 4 rings (SSSR count). The molecule has 2 aromatic heterocycles. The van der Waals surface area contributed by atoms with Gasteiger partial charge in [-0.05, 0) is 30.7 Å². The lowest BCUT2D eigenvalue weighted by Gasteiger charge is -2.15. The molecule has 11 nitrogen and oxygen atoms in total. The number of aromatic nitrogens is 4. The average Bonchev–Trinajstić information content (AvgIpc) is 3.20. The van der Waals surface area contributed by atoms with Crippen LogP contribution in [0, 0.1) is 17.0 Å². The van der Waals surface area contributed by atoms with Crippen LogP contribution in [-0.4, -0.2) is 46.6 Å². The number of nitro groups is 1. The van der Waals surface area contributed by atoms with Gasteiger partial charge in [0.15, 0.2) is 15.0 Å². The van der Waals surface area contributed by atoms with Crippen LogP contribution in [0.15, 0.2) is 52.3 Å². The minimum Gasteiger partial charge on any atom is -0.345 e. The van der Waals surface area contributed by atoms with Crippen molar-refractivity contribution in [1.29, 1.82) is 0 Å². The molecule has 0 aliphatic heterocycles. The van der Waals surface area contributed by atoms with Gasteiger partial charge in [0.2, 0.25) is 0 Å². The fraction of sp³-hybridized carbons (Fsp3) is 0.200. The number of non-ortho nitro benzene ring substituents is 1. The number of hydrogen-bond acceptors (Lipinski definition) is 10. The van der Waals surface area contributed by atoms with E-state index >= 15 is 0 Å². The van der Waals surface area contributed by atoms with Crippen LogP contribution in [0.4, 0.5) is 10.8 Å². The predicted octanol–water partition coefficient (Wildman–Crippen LogP) is 2.49. The number of rotatable bonds is 6. The second-order valence-corrected chi connectivity index (χ2v) is 10.5. The molecular weight excluding hydrogens is 468 g/mol. The number of hydrogen-bond donors (Lipinski definition) is 0. The molecule has 13 heteroatoms. The summed E-state index contributed by atoms with van der Waals surface area (Å²) < 4.78 is 25.5. The van der Waals surface area contributed by atoms with E-state index in [2.05, 4.69) is 15.3 Å². The van der Waals surface area contributed by atoms with Crippen LogP contribution < -0.4 is 10.5 Å². The number of benzene rings is 2. The van der Waals surface area contributed by atoms with E-state index in [1.807, 2.05) is 31.2 Å². The summed E-state index contributed by atoms with van der Waals surface area (Å²) in [6, 6.07) is 9.83. The first-order chi connectivity index (χ1) is 15.5. The standard InChI is InChI=1S/C20H18N6O5S2/c1-12-5-4-6-14(7-12)25-11-13(22-23-25)10-24(2)20-21-19(27)16-8-15(33(3,30)31)9-17(26(28)29)18(16)32-20/h4-9,11H,10H2,1-3H3. The van der Waals surface area contributed by atoms with E-state index in [0.29, 0.717) is 5.69 Å². The zero-order valence-electron chi connectivity index (χ0n) is 17.8. The molecule has 2 aromatic carbocycles. The lowest BCUT2D eigenvalue weighted by molar-refractivity contribution is -0.383. The van der Waals surface area contributed by atoms with E-state index < -0.39 is 26.0 Å². The second kappa shape index (κ2) is 8.33. The molecule has 0 radical (unpaired) electrons. The summed E-state index contributed by atoms with van der Waals surface area (Å²) in [6.45, 7) is 2.22. The molecule has 0 aliphatic carbocycles. The minimum absolute atomic E-state index is 0.0534. The van der Waals surface area contributed by atoms with Gasteiger partial charge >= 0.3 is 0 Å². The first-order valence-electron chi connectivity index (χ1n) is 9.55. The Hall–Kier alpha value is -3.71. The summed E-state index contributed by atoms with van der Waals surface area (Å²) in [4.78, 5) is 28.9. The van der Waals surface area contributed by atoms with Crippen LogP contribution in [-0.2, 0) is 16.4 Å². The molecule has 0 saturated carbocycles. The van der Waals surface area contributed by atoms with Crippen molar-refractivity contribution in [3.8, 4) is 5.69 Å². The molecule has 2 heterocycles. The molecule has 0 unspecified atom stereocenters.